The largest absolute Gasteiger partial charge is 0.299 e. The van der Waals surface area contributed by atoms with Crippen molar-refractivity contribution in [1.29, 1.82) is 0 Å². The highest BCUT2D eigenvalue weighted by Gasteiger charge is 2.13. The molecule has 2 aromatic heterocycles. The molecular weight excluding hydrogens is 288 g/mol. The van der Waals surface area contributed by atoms with Crippen molar-refractivity contribution in [2.24, 2.45) is 0 Å². The van der Waals surface area contributed by atoms with Crippen molar-refractivity contribution < 1.29 is 0 Å². The molecule has 5 nitrogen and oxygen atoms in total. The van der Waals surface area contributed by atoms with Crippen LogP contribution in [0, 0.1) is 6.92 Å². The number of unbranched alkanes of at least 4 members (excludes halogenated alkanes) is 7. The van der Waals surface area contributed by atoms with E-state index in [9.17, 15) is 4.79 Å². The maximum Gasteiger partial charge on any atom is 0.264 e. The van der Waals surface area contributed by atoms with Crippen molar-refractivity contribution in [2.75, 3.05) is 0 Å². The minimum absolute atomic E-state index is 0.0511. The molecule has 0 unspecified atom stereocenters. The summed E-state index contributed by atoms with van der Waals surface area (Å²) >= 11 is 0. The summed E-state index contributed by atoms with van der Waals surface area (Å²) in [4.78, 5) is 17.0. The maximum absolute atomic E-state index is 12.6. The second-order valence-corrected chi connectivity index (χ2v) is 6.32. The van der Waals surface area contributed by atoms with Crippen LogP contribution in [-0.4, -0.2) is 19.3 Å². The quantitative estimate of drug-likeness (QED) is 0.621. The summed E-state index contributed by atoms with van der Waals surface area (Å²) < 4.78 is 3.54. The lowest BCUT2D eigenvalue weighted by atomic mass is 10.1. The van der Waals surface area contributed by atoms with E-state index in [1.165, 1.54) is 44.9 Å². The number of hydrogen-bond donors (Lipinski definition) is 0. The van der Waals surface area contributed by atoms with Gasteiger partial charge in [-0.1, -0.05) is 51.9 Å². The maximum atomic E-state index is 12.6. The molecule has 23 heavy (non-hydrogen) atoms. The molecular formula is C18H30N4O. The number of aryl methyl sites for hydroxylation is 3. The molecule has 2 aromatic rings. The Morgan fingerprint density at radius 1 is 1.00 bits per heavy atom. The fourth-order valence-corrected chi connectivity index (χ4v) is 3.07. The van der Waals surface area contributed by atoms with E-state index in [0.29, 0.717) is 11.0 Å². The van der Waals surface area contributed by atoms with Gasteiger partial charge < -0.3 is 0 Å². The first-order valence-electron chi connectivity index (χ1n) is 9.11. The average Bonchev–Trinajstić information content (AvgIpc) is 2.88. The van der Waals surface area contributed by atoms with Crippen LogP contribution in [-0.2, 0) is 13.1 Å². The molecule has 0 aliphatic rings. The van der Waals surface area contributed by atoms with E-state index >= 15 is 0 Å². The van der Waals surface area contributed by atoms with Crippen LogP contribution in [0.25, 0.3) is 11.0 Å². The molecule has 5 heteroatoms. The van der Waals surface area contributed by atoms with Crippen LogP contribution in [0.15, 0.2) is 11.1 Å². The predicted octanol–water partition coefficient (Wildman–Crippen LogP) is 4.06. The lowest BCUT2D eigenvalue weighted by Gasteiger charge is -2.06. The standard InChI is InChI=1S/C18H30N4O/c1-4-6-7-8-9-10-11-12-13-21-14-19-17-16(18(21)23)15(3)20-22(17)5-2/h14H,4-13H2,1-3H3. The molecule has 0 saturated heterocycles. The van der Waals surface area contributed by atoms with E-state index < -0.39 is 0 Å². The third-order valence-electron chi connectivity index (χ3n) is 4.45. The van der Waals surface area contributed by atoms with E-state index in [0.717, 1.165) is 25.2 Å². The molecule has 0 radical (unpaired) electrons. The van der Waals surface area contributed by atoms with Crippen LogP contribution in [0.2, 0.25) is 0 Å². The van der Waals surface area contributed by atoms with E-state index in [2.05, 4.69) is 17.0 Å². The third kappa shape index (κ3) is 4.43. The molecule has 0 bridgehead atoms. The van der Waals surface area contributed by atoms with Gasteiger partial charge in [0.05, 0.1) is 12.0 Å². The highest BCUT2D eigenvalue weighted by atomic mass is 16.1. The number of aromatic nitrogens is 4. The fourth-order valence-electron chi connectivity index (χ4n) is 3.07. The molecule has 0 aliphatic carbocycles. The summed E-state index contributed by atoms with van der Waals surface area (Å²) in [7, 11) is 0. The van der Waals surface area contributed by atoms with Crippen molar-refractivity contribution in [3.8, 4) is 0 Å². The monoisotopic (exact) mass is 318 g/mol. The zero-order valence-electron chi connectivity index (χ0n) is 14.8. The lowest BCUT2D eigenvalue weighted by Crippen LogP contribution is -2.21. The van der Waals surface area contributed by atoms with Gasteiger partial charge in [0.15, 0.2) is 5.65 Å². The minimum atomic E-state index is 0.0511. The Morgan fingerprint density at radius 2 is 1.65 bits per heavy atom. The van der Waals surface area contributed by atoms with Gasteiger partial charge in [0.25, 0.3) is 5.56 Å². The molecule has 0 aliphatic heterocycles. The van der Waals surface area contributed by atoms with Gasteiger partial charge in [0.2, 0.25) is 0 Å². The normalized spacial score (nSPS) is 11.4. The topological polar surface area (TPSA) is 52.7 Å². The second-order valence-electron chi connectivity index (χ2n) is 6.32. The Morgan fingerprint density at radius 3 is 2.30 bits per heavy atom. The first-order valence-corrected chi connectivity index (χ1v) is 9.11. The number of hydrogen-bond acceptors (Lipinski definition) is 3. The molecule has 128 valence electrons. The Labute approximate surface area is 138 Å². The van der Waals surface area contributed by atoms with Crippen molar-refractivity contribution in [3.63, 3.8) is 0 Å². The van der Waals surface area contributed by atoms with E-state index in [4.69, 9.17) is 0 Å². The predicted molar refractivity (Wildman–Crippen MR) is 94.8 cm³/mol. The second kappa shape index (κ2) is 8.85. The van der Waals surface area contributed by atoms with Crippen molar-refractivity contribution in [2.45, 2.75) is 85.2 Å². The molecule has 2 heterocycles. The van der Waals surface area contributed by atoms with Crippen LogP contribution in [0.5, 0.6) is 0 Å². The van der Waals surface area contributed by atoms with Crippen LogP contribution < -0.4 is 5.56 Å². The van der Waals surface area contributed by atoms with E-state index in [-0.39, 0.29) is 5.56 Å². The molecule has 0 N–H and O–H groups in total. The summed E-state index contributed by atoms with van der Waals surface area (Å²) in [5.74, 6) is 0. The van der Waals surface area contributed by atoms with Crippen LogP contribution >= 0.6 is 0 Å². The minimum Gasteiger partial charge on any atom is -0.299 e. The van der Waals surface area contributed by atoms with E-state index in [1.54, 1.807) is 15.6 Å². The fraction of sp³-hybridized carbons (Fsp3) is 0.722. The lowest BCUT2D eigenvalue weighted by molar-refractivity contribution is 0.536. The SMILES string of the molecule is CCCCCCCCCCn1cnc2c(c(C)nn2CC)c1=O. The zero-order valence-corrected chi connectivity index (χ0v) is 14.8. The summed E-state index contributed by atoms with van der Waals surface area (Å²) in [5.41, 5.74) is 1.54. The highest BCUT2D eigenvalue weighted by molar-refractivity contribution is 5.76. The molecule has 2 rings (SSSR count). The Kier molecular flexibility index (Phi) is 6.81. The Bertz CT molecular complexity index is 671. The zero-order chi connectivity index (χ0) is 16.7. The molecule has 0 aromatic carbocycles. The summed E-state index contributed by atoms with van der Waals surface area (Å²) in [6, 6.07) is 0. The summed E-state index contributed by atoms with van der Waals surface area (Å²) in [6.45, 7) is 7.64. The Hall–Kier alpha value is -1.65. The number of fused-ring (bicyclic) bond motifs is 1. The van der Waals surface area contributed by atoms with Crippen molar-refractivity contribution >= 4 is 11.0 Å². The van der Waals surface area contributed by atoms with Crippen LogP contribution in [0.4, 0.5) is 0 Å². The van der Waals surface area contributed by atoms with Crippen LogP contribution in [0.1, 0.15) is 70.9 Å². The van der Waals surface area contributed by atoms with Gasteiger partial charge in [-0.15, -0.1) is 0 Å². The highest BCUT2D eigenvalue weighted by Crippen LogP contribution is 2.12. The molecule has 0 fully saturated rings. The molecule has 0 amide bonds. The average molecular weight is 318 g/mol. The molecule has 0 atom stereocenters. The smallest absolute Gasteiger partial charge is 0.264 e. The summed E-state index contributed by atoms with van der Waals surface area (Å²) in [6.07, 6.45) is 11.8. The first-order chi connectivity index (χ1) is 11.2. The summed E-state index contributed by atoms with van der Waals surface area (Å²) in [5, 5.41) is 5.07. The van der Waals surface area contributed by atoms with Gasteiger partial charge in [0.1, 0.15) is 5.39 Å². The van der Waals surface area contributed by atoms with Gasteiger partial charge in [0, 0.05) is 13.1 Å². The molecule has 0 spiro atoms. The number of rotatable bonds is 10. The van der Waals surface area contributed by atoms with Gasteiger partial charge >= 0.3 is 0 Å². The van der Waals surface area contributed by atoms with Crippen molar-refractivity contribution in [3.05, 3.63) is 22.4 Å². The van der Waals surface area contributed by atoms with Gasteiger partial charge in [-0.25, -0.2) is 9.67 Å². The number of nitrogens with zero attached hydrogens (tertiary/aromatic N) is 4. The van der Waals surface area contributed by atoms with Crippen molar-refractivity contribution in [1.82, 2.24) is 19.3 Å². The van der Waals surface area contributed by atoms with Gasteiger partial charge in [-0.2, -0.15) is 5.10 Å². The van der Waals surface area contributed by atoms with Crippen LogP contribution in [0.3, 0.4) is 0 Å². The third-order valence-corrected chi connectivity index (χ3v) is 4.45. The first kappa shape index (κ1) is 17.7. The Balaban J connectivity index is 1.88. The van der Waals surface area contributed by atoms with E-state index in [1.807, 2.05) is 13.8 Å². The van der Waals surface area contributed by atoms with Gasteiger partial charge in [-0.05, 0) is 20.3 Å². The molecule has 0 saturated carbocycles. The van der Waals surface area contributed by atoms with Gasteiger partial charge in [-0.3, -0.25) is 9.36 Å².